The van der Waals surface area contributed by atoms with Crippen molar-refractivity contribution in [3.05, 3.63) is 33.7 Å². The Morgan fingerprint density at radius 2 is 2.18 bits per heavy atom. The zero-order valence-corrected chi connectivity index (χ0v) is 10.6. The van der Waals surface area contributed by atoms with Gasteiger partial charge in [0.25, 0.3) is 5.56 Å². The fraction of sp³-hybridized carbons (Fsp3) is 0.643. The van der Waals surface area contributed by atoms with Gasteiger partial charge in [-0.15, -0.1) is 0 Å². The number of aromatic nitrogens is 1. The van der Waals surface area contributed by atoms with Gasteiger partial charge in [-0.25, -0.2) is 0 Å². The van der Waals surface area contributed by atoms with Gasteiger partial charge in [0, 0.05) is 6.07 Å². The van der Waals surface area contributed by atoms with Gasteiger partial charge in [0.05, 0.1) is 5.69 Å². The Bertz CT molecular complexity index is 450. The van der Waals surface area contributed by atoms with Crippen LogP contribution in [0.3, 0.4) is 0 Å². The molecule has 2 unspecified atom stereocenters. The molecule has 94 valence electrons. The number of hydrogen-bond acceptors (Lipinski definition) is 2. The van der Waals surface area contributed by atoms with Gasteiger partial charge < -0.3 is 5.21 Å². The van der Waals surface area contributed by atoms with Gasteiger partial charge in [0.15, 0.2) is 0 Å². The second kappa shape index (κ2) is 4.94. The summed E-state index contributed by atoms with van der Waals surface area (Å²) in [6.45, 7) is 4.18. The summed E-state index contributed by atoms with van der Waals surface area (Å²) >= 11 is 0. The van der Waals surface area contributed by atoms with E-state index in [1.807, 2.05) is 13.0 Å². The molecule has 1 aliphatic carbocycles. The summed E-state index contributed by atoms with van der Waals surface area (Å²) in [6, 6.07) is 3.38. The minimum absolute atomic E-state index is 0.316. The van der Waals surface area contributed by atoms with E-state index in [9.17, 15) is 10.0 Å². The standard InChI is InChI=1S/C14H21NO2/c1-10-4-3-5-12(6-10)9-13-7-11(2)8-14(16)15(13)17/h7-8,10,12,17H,3-6,9H2,1-2H3. The summed E-state index contributed by atoms with van der Waals surface area (Å²) in [5.41, 5.74) is 1.37. The third-order valence-electron chi connectivity index (χ3n) is 3.77. The van der Waals surface area contributed by atoms with E-state index in [4.69, 9.17) is 0 Å². The Hall–Kier alpha value is -1.25. The normalized spacial score (nSPS) is 24.8. The first-order valence-corrected chi connectivity index (χ1v) is 6.48. The quantitative estimate of drug-likeness (QED) is 0.801. The van der Waals surface area contributed by atoms with E-state index in [1.165, 1.54) is 31.7 Å². The van der Waals surface area contributed by atoms with Crippen LogP contribution in [0.5, 0.6) is 0 Å². The third kappa shape index (κ3) is 2.90. The van der Waals surface area contributed by atoms with Crippen LogP contribution in [-0.4, -0.2) is 9.94 Å². The van der Waals surface area contributed by atoms with Gasteiger partial charge in [-0.05, 0) is 43.2 Å². The van der Waals surface area contributed by atoms with E-state index in [0.717, 1.165) is 28.3 Å². The maximum Gasteiger partial charge on any atom is 0.283 e. The fourth-order valence-corrected chi connectivity index (χ4v) is 2.95. The van der Waals surface area contributed by atoms with Crippen LogP contribution in [0.2, 0.25) is 0 Å². The van der Waals surface area contributed by atoms with Crippen molar-refractivity contribution in [3.8, 4) is 0 Å². The number of rotatable bonds is 2. The lowest BCUT2D eigenvalue weighted by atomic mass is 9.80. The molecule has 1 heterocycles. The number of aryl methyl sites for hydroxylation is 1. The molecule has 3 nitrogen and oxygen atoms in total. The number of hydrogen-bond donors (Lipinski definition) is 1. The fourth-order valence-electron chi connectivity index (χ4n) is 2.95. The molecule has 1 N–H and O–H groups in total. The maximum absolute atomic E-state index is 11.5. The van der Waals surface area contributed by atoms with Crippen LogP contribution in [0.1, 0.15) is 43.9 Å². The van der Waals surface area contributed by atoms with Crippen LogP contribution < -0.4 is 5.56 Å². The van der Waals surface area contributed by atoms with Crippen molar-refractivity contribution in [2.24, 2.45) is 11.8 Å². The third-order valence-corrected chi connectivity index (χ3v) is 3.77. The summed E-state index contributed by atoms with van der Waals surface area (Å²) < 4.78 is 0.812. The molecule has 0 bridgehead atoms. The zero-order chi connectivity index (χ0) is 12.4. The Balaban J connectivity index is 2.15. The van der Waals surface area contributed by atoms with Crippen LogP contribution in [0.4, 0.5) is 0 Å². The van der Waals surface area contributed by atoms with Crippen molar-refractivity contribution in [1.29, 1.82) is 0 Å². The first-order valence-electron chi connectivity index (χ1n) is 6.48. The topological polar surface area (TPSA) is 42.2 Å². The van der Waals surface area contributed by atoms with Gasteiger partial charge in [0.2, 0.25) is 0 Å². The lowest BCUT2D eigenvalue weighted by Gasteiger charge is -2.26. The predicted molar refractivity (Wildman–Crippen MR) is 67.4 cm³/mol. The second-order valence-electron chi connectivity index (χ2n) is 5.52. The van der Waals surface area contributed by atoms with Crippen molar-refractivity contribution in [3.63, 3.8) is 0 Å². The average molecular weight is 235 g/mol. The molecule has 0 spiro atoms. The Morgan fingerprint density at radius 1 is 1.41 bits per heavy atom. The molecule has 17 heavy (non-hydrogen) atoms. The van der Waals surface area contributed by atoms with Crippen molar-refractivity contribution in [2.75, 3.05) is 0 Å². The van der Waals surface area contributed by atoms with E-state index >= 15 is 0 Å². The molecule has 0 radical (unpaired) electrons. The number of pyridine rings is 1. The SMILES string of the molecule is Cc1cc(CC2CCCC(C)C2)n(O)c(=O)c1. The molecule has 1 aliphatic rings. The van der Waals surface area contributed by atoms with E-state index in [1.54, 1.807) is 0 Å². The van der Waals surface area contributed by atoms with Crippen LogP contribution in [0.15, 0.2) is 16.9 Å². The molecule has 2 rings (SSSR count). The monoisotopic (exact) mass is 235 g/mol. The summed E-state index contributed by atoms with van der Waals surface area (Å²) in [5.74, 6) is 1.38. The highest BCUT2D eigenvalue weighted by Crippen LogP contribution is 2.30. The summed E-state index contributed by atoms with van der Waals surface area (Å²) in [6.07, 6.45) is 5.83. The van der Waals surface area contributed by atoms with E-state index in [2.05, 4.69) is 6.92 Å². The van der Waals surface area contributed by atoms with Crippen LogP contribution >= 0.6 is 0 Å². The molecule has 0 aromatic carbocycles. The molecule has 0 amide bonds. The predicted octanol–water partition coefficient (Wildman–Crippen LogP) is 2.76. The maximum atomic E-state index is 11.5. The smallest absolute Gasteiger partial charge is 0.283 e. The molecule has 1 aromatic heterocycles. The summed E-state index contributed by atoms with van der Waals surface area (Å²) in [5, 5.41) is 9.72. The lowest BCUT2D eigenvalue weighted by Crippen LogP contribution is -2.24. The average Bonchev–Trinajstić information content (AvgIpc) is 2.25. The van der Waals surface area contributed by atoms with E-state index in [-0.39, 0.29) is 5.56 Å². The lowest BCUT2D eigenvalue weighted by molar-refractivity contribution is 0.157. The van der Waals surface area contributed by atoms with Crippen LogP contribution in [0.25, 0.3) is 0 Å². The summed E-state index contributed by atoms with van der Waals surface area (Å²) in [4.78, 5) is 11.5. The molecule has 1 saturated carbocycles. The highest BCUT2D eigenvalue weighted by Gasteiger charge is 2.20. The molecule has 3 heteroatoms. The zero-order valence-electron chi connectivity index (χ0n) is 10.6. The highest BCUT2D eigenvalue weighted by molar-refractivity contribution is 5.16. The molecule has 1 fully saturated rings. The molecular weight excluding hydrogens is 214 g/mol. The van der Waals surface area contributed by atoms with Crippen molar-refractivity contribution in [2.45, 2.75) is 46.0 Å². The van der Waals surface area contributed by atoms with Crippen molar-refractivity contribution < 1.29 is 5.21 Å². The summed E-state index contributed by atoms with van der Waals surface area (Å²) in [7, 11) is 0. The first-order chi connectivity index (χ1) is 8.06. The minimum atomic E-state index is -0.316. The first kappa shape index (κ1) is 12.2. The Labute approximate surface area is 102 Å². The Morgan fingerprint density at radius 3 is 2.88 bits per heavy atom. The Kier molecular flexibility index (Phi) is 3.55. The molecular formula is C14H21NO2. The van der Waals surface area contributed by atoms with Gasteiger partial charge in [-0.1, -0.05) is 26.2 Å². The second-order valence-corrected chi connectivity index (χ2v) is 5.52. The van der Waals surface area contributed by atoms with Gasteiger partial charge >= 0.3 is 0 Å². The van der Waals surface area contributed by atoms with Crippen molar-refractivity contribution >= 4 is 0 Å². The van der Waals surface area contributed by atoms with Crippen LogP contribution in [-0.2, 0) is 6.42 Å². The van der Waals surface area contributed by atoms with Crippen LogP contribution in [0, 0.1) is 18.8 Å². The molecule has 2 atom stereocenters. The molecule has 1 aromatic rings. The number of nitrogens with zero attached hydrogens (tertiary/aromatic N) is 1. The highest BCUT2D eigenvalue weighted by atomic mass is 16.5. The van der Waals surface area contributed by atoms with Gasteiger partial charge in [-0.3, -0.25) is 4.79 Å². The molecule has 0 aliphatic heterocycles. The van der Waals surface area contributed by atoms with Crippen molar-refractivity contribution in [1.82, 2.24) is 4.73 Å². The minimum Gasteiger partial charge on any atom is -0.425 e. The van der Waals surface area contributed by atoms with E-state index < -0.39 is 0 Å². The molecule has 0 saturated heterocycles. The largest absolute Gasteiger partial charge is 0.425 e. The van der Waals surface area contributed by atoms with E-state index in [0.29, 0.717) is 5.92 Å². The van der Waals surface area contributed by atoms with Gasteiger partial charge in [-0.2, -0.15) is 4.73 Å². The van der Waals surface area contributed by atoms with Gasteiger partial charge in [0.1, 0.15) is 0 Å².